The monoisotopic (exact) mass is 155 g/mol. The fraction of sp³-hybridized carbons (Fsp3) is 0.778. The molecule has 0 aromatic carbocycles. The third-order valence-corrected chi connectivity index (χ3v) is 2.93. The van der Waals surface area contributed by atoms with Crippen molar-refractivity contribution >= 4 is 5.90 Å². The molecule has 0 amide bonds. The molecular weight excluding hydrogens is 138 g/mol. The van der Waals surface area contributed by atoms with Crippen molar-refractivity contribution in [2.24, 2.45) is 0 Å². The maximum Gasteiger partial charge on any atom is 0.189 e. The highest BCUT2D eigenvalue weighted by molar-refractivity contribution is 5.70. The Labute approximate surface area is 68.9 Å². The first-order valence-electron chi connectivity index (χ1n) is 3.92. The molecule has 2 nitrogen and oxygen atoms in total. The van der Waals surface area contributed by atoms with E-state index in [1.54, 1.807) is 0 Å². The molecular formula is C9H17NO. The molecule has 64 valence electrons. The predicted molar refractivity (Wildman–Crippen MR) is 45.5 cm³/mol. The molecule has 1 aliphatic heterocycles. The minimum Gasteiger partial charge on any atom is -0.521 e. The topological polar surface area (TPSA) is 12.2 Å². The zero-order valence-electron chi connectivity index (χ0n) is 8.06. The molecule has 0 spiro atoms. The molecule has 1 rings (SSSR count). The van der Waals surface area contributed by atoms with Gasteiger partial charge in [0.25, 0.3) is 0 Å². The Bertz CT molecular complexity index is 214. The minimum absolute atomic E-state index is 0.0168. The molecule has 0 aromatic heterocycles. The minimum atomic E-state index is -0.140. The van der Waals surface area contributed by atoms with Gasteiger partial charge in [0.15, 0.2) is 11.4 Å². The lowest BCUT2D eigenvalue weighted by Gasteiger charge is -2.31. The molecule has 0 radical (unpaired) electrons. The summed E-state index contributed by atoms with van der Waals surface area (Å²) in [6.07, 6.45) is 0. The van der Waals surface area contributed by atoms with Gasteiger partial charge in [0.05, 0.1) is 0 Å². The smallest absolute Gasteiger partial charge is 0.189 e. The number of ether oxygens (including phenoxy) is 1. The molecule has 0 N–H and O–H groups in total. The Morgan fingerprint density at radius 3 is 1.82 bits per heavy atom. The van der Waals surface area contributed by atoms with Crippen LogP contribution >= 0.6 is 0 Å². The molecule has 0 aliphatic carbocycles. The molecule has 0 bridgehead atoms. The van der Waals surface area contributed by atoms with Crippen molar-refractivity contribution in [2.45, 2.75) is 45.8 Å². The summed E-state index contributed by atoms with van der Waals surface area (Å²) in [5.74, 6) is 0.903. The number of hydrogen-bond acceptors (Lipinski definition) is 1. The van der Waals surface area contributed by atoms with E-state index in [-0.39, 0.29) is 11.1 Å². The number of hydrogen-bond donors (Lipinski definition) is 0. The van der Waals surface area contributed by atoms with E-state index in [9.17, 15) is 0 Å². The highest BCUT2D eigenvalue weighted by atomic mass is 16.5. The Morgan fingerprint density at radius 2 is 1.73 bits per heavy atom. The van der Waals surface area contributed by atoms with Crippen molar-refractivity contribution in [1.82, 2.24) is 0 Å². The molecule has 0 atom stereocenters. The van der Waals surface area contributed by atoms with E-state index in [0.717, 1.165) is 5.90 Å². The summed E-state index contributed by atoms with van der Waals surface area (Å²) in [4.78, 5) is 0. The van der Waals surface area contributed by atoms with Gasteiger partial charge in [-0.3, -0.25) is 0 Å². The molecule has 1 aliphatic rings. The Kier molecular flexibility index (Phi) is 1.48. The second-order valence-electron chi connectivity index (χ2n) is 4.12. The van der Waals surface area contributed by atoms with Gasteiger partial charge in [-0.15, -0.1) is 0 Å². The highest BCUT2D eigenvalue weighted by Crippen LogP contribution is 2.33. The fourth-order valence-corrected chi connectivity index (χ4v) is 1.27. The lowest BCUT2D eigenvalue weighted by Crippen LogP contribution is -2.47. The van der Waals surface area contributed by atoms with E-state index in [2.05, 4.69) is 34.7 Å². The zero-order valence-corrected chi connectivity index (χ0v) is 8.06. The summed E-state index contributed by atoms with van der Waals surface area (Å²) in [6.45, 7) is 10.4. The zero-order chi connectivity index (χ0) is 8.86. The van der Waals surface area contributed by atoms with Gasteiger partial charge in [-0.25, -0.2) is 0 Å². The van der Waals surface area contributed by atoms with Gasteiger partial charge in [-0.05, 0) is 27.8 Å². The first kappa shape index (κ1) is 8.44. The van der Waals surface area contributed by atoms with E-state index < -0.39 is 0 Å². The van der Waals surface area contributed by atoms with Crippen LogP contribution in [0.1, 0.15) is 34.6 Å². The fourth-order valence-electron chi connectivity index (χ4n) is 1.27. The highest BCUT2D eigenvalue weighted by Gasteiger charge is 2.49. The van der Waals surface area contributed by atoms with Crippen molar-refractivity contribution < 1.29 is 9.31 Å². The molecule has 2 heteroatoms. The van der Waals surface area contributed by atoms with Crippen LogP contribution in [0.25, 0.3) is 0 Å². The van der Waals surface area contributed by atoms with Gasteiger partial charge in [0.2, 0.25) is 0 Å². The second kappa shape index (κ2) is 1.93. The molecule has 0 saturated carbocycles. The van der Waals surface area contributed by atoms with Crippen molar-refractivity contribution in [2.75, 3.05) is 0 Å². The number of nitrogens with zero attached hydrogens (tertiary/aromatic N) is 1. The summed E-state index contributed by atoms with van der Waals surface area (Å²) >= 11 is 0. The average Bonchev–Trinajstić information content (AvgIpc) is 1.93. The van der Waals surface area contributed by atoms with Crippen LogP contribution in [-0.2, 0) is 4.74 Å². The van der Waals surface area contributed by atoms with Crippen LogP contribution in [0.5, 0.6) is 0 Å². The quantitative estimate of drug-likeness (QED) is 0.384. The Morgan fingerprint density at radius 1 is 1.27 bits per heavy atom. The Balaban J connectivity index is 3.08. The van der Waals surface area contributed by atoms with Gasteiger partial charge < -0.3 is 9.31 Å². The van der Waals surface area contributed by atoms with Crippen LogP contribution < -0.4 is 0 Å². The van der Waals surface area contributed by atoms with Crippen molar-refractivity contribution in [3.63, 3.8) is 0 Å². The van der Waals surface area contributed by atoms with Crippen molar-refractivity contribution in [3.8, 4) is 0 Å². The summed E-state index contributed by atoms with van der Waals surface area (Å²) in [7, 11) is 3.94. The van der Waals surface area contributed by atoms with Crippen molar-refractivity contribution in [3.05, 3.63) is 7.05 Å². The molecule has 0 fully saturated rings. The first-order chi connectivity index (χ1) is 4.79. The maximum atomic E-state index is 5.66. The van der Waals surface area contributed by atoms with E-state index in [0.29, 0.717) is 0 Å². The van der Waals surface area contributed by atoms with Crippen LogP contribution in [0.4, 0.5) is 0 Å². The summed E-state index contributed by atoms with van der Waals surface area (Å²) in [6, 6.07) is 0. The van der Waals surface area contributed by atoms with Gasteiger partial charge in [0.1, 0.15) is 5.60 Å². The molecule has 0 aromatic rings. The summed E-state index contributed by atoms with van der Waals surface area (Å²) in [5.41, 5.74) is -0.157. The van der Waals surface area contributed by atoms with Gasteiger partial charge >= 0.3 is 0 Å². The van der Waals surface area contributed by atoms with Gasteiger partial charge in [-0.1, -0.05) is 0 Å². The SMILES string of the molecule is [CH2-][N+]1=C(C)OC(C)(C)C1(C)C. The molecule has 11 heavy (non-hydrogen) atoms. The lowest BCUT2D eigenvalue weighted by atomic mass is 9.86. The van der Waals surface area contributed by atoms with E-state index in [1.807, 2.05) is 11.5 Å². The van der Waals surface area contributed by atoms with Gasteiger partial charge in [0, 0.05) is 13.8 Å². The van der Waals surface area contributed by atoms with E-state index in [4.69, 9.17) is 4.74 Å². The second-order valence-corrected chi connectivity index (χ2v) is 4.12. The normalized spacial score (nSPS) is 27.0. The van der Waals surface area contributed by atoms with Gasteiger partial charge in [-0.2, -0.15) is 0 Å². The maximum absolute atomic E-state index is 5.66. The molecule has 0 unspecified atom stereocenters. The average molecular weight is 155 g/mol. The van der Waals surface area contributed by atoms with Crippen LogP contribution in [0.15, 0.2) is 0 Å². The van der Waals surface area contributed by atoms with E-state index in [1.165, 1.54) is 0 Å². The van der Waals surface area contributed by atoms with Crippen molar-refractivity contribution in [1.29, 1.82) is 0 Å². The largest absolute Gasteiger partial charge is 0.521 e. The standard InChI is InChI=1S/C9H17NO/c1-7-10(6)8(2,3)9(4,5)11-7/h6H2,1-5H3. The number of rotatable bonds is 0. The third kappa shape index (κ3) is 0.924. The van der Waals surface area contributed by atoms with Crippen LogP contribution in [0.3, 0.4) is 0 Å². The first-order valence-corrected chi connectivity index (χ1v) is 3.92. The van der Waals surface area contributed by atoms with Crippen LogP contribution in [-0.4, -0.2) is 21.6 Å². The predicted octanol–water partition coefficient (Wildman–Crippen LogP) is 1.80. The lowest BCUT2D eigenvalue weighted by molar-refractivity contribution is -0.546. The third-order valence-electron chi connectivity index (χ3n) is 2.93. The summed E-state index contributed by atoms with van der Waals surface area (Å²) < 4.78 is 7.59. The van der Waals surface area contributed by atoms with E-state index >= 15 is 0 Å². The van der Waals surface area contributed by atoms with Crippen LogP contribution in [0, 0.1) is 7.05 Å². The molecule has 0 saturated heterocycles. The summed E-state index contributed by atoms with van der Waals surface area (Å²) in [5, 5.41) is 0. The Hall–Kier alpha value is -0.660. The molecule has 1 heterocycles. The van der Waals surface area contributed by atoms with Crippen LogP contribution in [0.2, 0.25) is 0 Å².